The van der Waals surface area contributed by atoms with Gasteiger partial charge in [-0.25, -0.2) is 4.79 Å². The summed E-state index contributed by atoms with van der Waals surface area (Å²) < 4.78 is 0. The molecule has 0 spiro atoms. The minimum absolute atomic E-state index is 0.0659. The Labute approximate surface area is 210 Å². The van der Waals surface area contributed by atoms with Gasteiger partial charge in [-0.3, -0.25) is 24.2 Å². The van der Waals surface area contributed by atoms with Crippen LogP contribution >= 0.6 is 0 Å². The number of aliphatic imine (C=N–C) groups is 1. The SMILES string of the molecule is CC[C@H](C)[C@H](N)C(=O)N[C@@H](C)C(=O)NCC(=O)N[C@@H](CCCN=C(N)N)C(=O)N1CCC[C@H]1C(=O)O. The molecule has 1 rings (SSSR count). The molecule has 36 heavy (non-hydrogen) atoms. The lowest BCUT2D eigenvalue weighted by molar-refractivity contribution is -0.149. The molecule has 1 aliphatic rings. The van der Waals surface area contributed by atoms with Gasteiger partial charge in [0.1, 0.15) is 18.1 Å². The average Bonchev–Trinajstić information content (AvgIpc) is 3.33. The van der Waals surface area contributed by atoms with Crippen LogP contribution < -0.4 is 33.2 Å². The average molecular weight is 513 g/mol. The first kappa shape index (κ1) is 30.6. The molecule has 14 nitrogen and oxygen atoms in total. The predicted octanol–water partition coefficient (Wildman–Crippen LogP) is -2.41. The minimum atomic E-state index is -1.11. The lowest BCUT2D eigenvalue weighted by atomic mass is 9.99. The van der Waals surface area contributed by atoms with Crippen molar-refractivity contribution < 1.29 is 29.1 Å². The number of likely N-dealkylation sites (tertiary alicyclic amines) is 1. The maximum absolute atomic E-state index is 13.1. The summed E-state index contributed by atoms with van der Waals surface area (Å²) >= 11 is 0. The van der Waals surface area contributed by atoms with Crippen LogP contribution in [0.2, 0.25) is 0 Å². The second-order valence-corrected chi connectivity index (χ2v) is 8.96. The fourth-order valence-electron chi connectivity index (χ4n) is 3.70. The fourth-order valence-corrected chi connectivity index (χ4v) is 3.70. The van der Waals surface area contributed by atoms with Gasteiger partial charge < -0.3 is 43.2 Å². The summed E-state index contributed by atoms with van der Waals surface area (Å²) in [4.78, 5) is 66.7. The zero-order chi connectivity index (χ0) is 27.4. The van der Waals surface area contributed by atoms with Crippen LogP contribution in [-0.2, 0) is 24.0 Å². The monoisotopic (exact) mass is 512 g/mol. The molecular formula is C22H40N8O6. The quantitative estimate of drug-likeness (QED) is 0.0744. The lowest BCUT2D eigenvalue weighted by Crippen LogP contribution is -2.55. The van der Waals surface area contributed by atoms with Gasteiger partial charge >= 0.3 is 5.97 Å². The van der Waals surface area contributed by atoms with Crippen molar-refractivity contribution in [3.05, 3.63) is 0 Å². The van der Waals surface area contributed by atoms with Crippen LogP contribution in [0.1, 0.15) is 52.9 Å². The fraction of sp³-hybridized carbons (Fsp3) is 0.727. The third-order valence-electron chi connectivity index (χ3n) is 6.13. The van der Waals surface area contributed by atoms with Crippen LogP contribution in [0.5, 0.6) is 0 Å². The summed E-state index contributed by atoms with van der Waals surface area (Å²) in [6.45, 7) is 5.23. The Hall–Kier alpha value is -3.42. The summed E-state index contributed by atoms with van der Waals surface area (Å²) in [6.07, 6.45) is 2.09. The summed E-state index contributed by atoms with van der Waals surface area (Å²) in [5, 5.41) is 16.9. The van der Waals surface area contributed by atoms with Gasteiger partial charge in [0.05, 0.1) is 12.6 Å². The van der Waals surface area contributed by atoms with E-state index in [9.17, 15) is 29.1 Å². The maximum Gasteiger partial charge on any atom is 0.326 e. The number of hydrogen-bond acceptors (Lipinski definition) is 7. The molecule has 14 heteroatoms. The molecule has 0 aromatic heterocycles. The lowest BCUT2D eigenvalue weighted by Gasteiger charge is -2.27. The molecular weight excluding hydrogens is 472 g/mol. The second-order valence-electron chi connectivity index (χ2n) is 8.96. The number of aliphatic carboxylic acids is 1. The molecule has 0 radical (unpaired) electrons. The van der Waals surface area contributed by atoms with E-state index in [1.165, 1.54) is 11.8 Å². The summed E-state index contributed by atoms with van der Waals surface area (Å²) in [5.41, 5.74) is 16.5. The van der Waals surface area contributed by atoms with Crippen LogP contribution in [0.15, 0.2) is 4.99 Å². The van der Waals surface area contributed by atoms with Crippen molar-refractivity contribution in [3.8, 4) is 0 Å². The topological polar surface area (TPSA) is 235 Å². The number of carbonyl (C=O) groups excluding carboxylic acids is 4. The zero-order valence-corrected chi connectivity index (χ0v) is 21.2. The third-order valence-corrected chi connectivity index (χ3v) is 6.13. The van der Waals surface area contributed by atoms with Crippen molar-refractivity contribution in [2.24, 2.45) is 28.1 Å². The van der Waals surface area contributed by atoms with Gasteiger partial charge in [0.15, 0.2) is 5.96 Å². The normalized spacial score (nSPS) is 18.3. The Bertz CT molecular complexity index is 831. The van der Waals surface area contributed by atoms with Crippen LogP contribution in [-0.4, -0.2) is 89.4 Å². The Morgan fingerprint density at radius 2 is 1.78 bits per heavy atom. The largest absolute Gasteiger partial charge is 0.480 e. The van der Waals surface area contributed by atoms with E-state index < -0.39 is 60.3 Å². The van der Waals surface area contributed by atoms with E-state index in [0.717, 1.165) is 0 Å². The number of guanidine groups is 1. The number of carboxylic acids is 1. The molecule has 10 N–H and O–H groups in total. The first-order valence-electron chi connectivity index (χ1n) is 12.1. The molecule has 0 aromatic rings. The van der Waals surface area contributed by atoms with Crippen LogP contribution in [0, 0.1) is 5.92 Å². The molecule has 204 valence electrons. The zero-order valence-electron chi connectivity index (χ0n) is 21.2. The first-order chi connectivity index (χ1) is 16.9. The number of nitrogens with two attached hydrogens (primary N) is 3. The Kier molecular flexibility index (Phi) is 12.6. The Morgan fingerprint density at radius 3 is 2.36 bits per heavy atom. The smallest absolute Gasteiger partial charge is 0.326 e. The van der Waals surface area contributed by atoms with Gasteiger partial charge in [0.25, 0.3) is 0 Å². The van der Waals surface area contributed by atoms with E-state index in [1.54, 1.807) is 0 Å². The van der Waals surface area contributed by atoms with Crippen molar-refractivity contribution in [2.75, 3.05) is 19.6 Å². The van der Waals surface area contributed by atoms with Gasteiger partial charge in [0.2, 0.25) is 23.6 Å². The van der Waals surface area contributed by atoms with Crippen molar-refractivity contribution in [1.82, 2.24) is 20.9 Å². The predicted molar refractivity (Wildman–Crippen MR) is 132 cm³/mol. The van der Waals surface area contributed by atoms with E-state index in [2.05, 4.69) is 20.9 Å². The molecule has 4 amide bonds. The number of amides is 4. The Balaban J connectivity index is 2.72. The van der Waals surface area contributed by atoms with Gasteiger partial charge in [-0.05, 0) is 38.5 Å². The third kappa shape index (κ3) is 9.68. The van der Waals surface area contributed by atoms with Crippen LogP contribution in [0.25, 0.3) is 0 Å². The molecule has 0 unspecified atom stereocenters. The highest BCUT2D eigenvalue weighted by molar-refractivity contribution is 5.94. The molecule has 0 bridgehead atoms. The number of nitrogens with zero attached hydrogens (tertiary/aromatic N) is 2. The van der Waals surface area contributed by atoms with Gasteiger partial charge in [-0.1, -0.05) is 20.3 Å². The number of nitrogens with one attached hydrogen (secondary N) is 3. The summed E-state index contributed by atoms with van der Waals surface area (Å²) in [6, 6.07) is -3.67. The number of carbonyl (C=O) groups is 5. The van der Waals surface area contributed by atoms with E-state index in [1.807, 2.05) is 13.8 Å². The summed E-state index contributed by atoms with van der Waals surface area (Å²) in [5.74, 6) is -3.53. The van der Waals surface area contributed by atoms with Crippen molar-refractivity contribution in [2.45, 2.75) is 77.0 Å². The molecule has 5 atom stereocenters. The highest BCUT2D eigenvalue weighted by Gasteiger charge is 2.37. The van der Waals surface area contributed by atoms with Crippen LogP contribution in [0.4, 0.5) is 0 Å². The van der Waals surface area contributed by atoms with Crippen molar-refractivity contribution >= 4 is 35.6 Å². The van der Waals surface area contributed by atoms with Crippen molar-refractivity contribution in [1.29, 1.82) is 0 Å². The molecule has 1 heterocycles. The Morgan fingerprint density at radius 1 is 1.11 bits per heavy atom. The highest BCUT2D eigenvalue weighted by atomic mass is 16.4. The van der Waals surface area contributed by atoms with E-state index in [4.69, 9.17) is 17.2 Å². The molecule has 1 saturated heterocycles. The molecule has 0 saturated carbocycles. The second kappa shape index (κ2) is 14.9. The maximum atomic E-state index is 13.1. The molecule has 0 aromatic carbocycles. The minimum Gasteiger partial charge on any atom is -0.480 e. The van der Waals surface area contributed by atoms with E-state index in [-0.39, 0.29) is 31.4 Å². The first-order valence-corrected chi connectivity index (χ1v) is 12.1. The van der Waals surface area contributed by atoms with Gasteiger partial charge in [0, 0.05) is 13.1 Å². The van der Waals surface area contributed by atoms with E-state index in [0.29, 0.717) is 25.7 Å². The van der Waals surface area contributed by atoms with E-state index >= 15 is 0 Å². The van der Waals surface area contributed by atoms with Gasteiger partial charge in [-0.2, -0.15) is 0 Å². The van der Waals surface area contributed by atoms with Crippen LogP contribution in [0.3, 0.4) is 0 Å². The number of rotatable bonds is 14. The summed E-state index contributed by atoms with van der Waals surface area (Å²) in [7, 11) is 0. The standard InChI is InChI=1S/C22H40N8O6/c1-4-12(2)17(23)19(33)28-13(3)18(32)27-11-16(31)29-14(7-5-9-26-22(24)25)20(34)30-10-6-8-15(30)21(35)36/h12-15,17H,4-11,23H2,1-3H3,(H,27,32)(H,28,33)(H,29,31)(H,35,36)(H4,24,25,26)/t12-,13-,14-,15-,17-/m0/s1. The molecule has 0 aliphatic carbocycles. The number of carboxylic acid groups (broad SMARTS) is 1. The molecule has 1 aliphatic heterocycles. The van der Waals surface area contributed by atoms with Crippen molar-refractivity contribution in [3.63, 3.8) is 0 Å². The van der Waals surface area contributed by atoms with Gasteiger partial charge in [-0.15, -0.1) is 0 Å². The highest BCUT2D eigenvalue weighted by Crippen LogP contribution is 2.19. The number of hydrogen-bond donors (Lipinski definition) is 7. The molecule has 1 fully saturated rings.